The van der Waals surface area contributed by atoms with Gasteiger partial charge >= 0.3 is 0 Å². The van der Waals surface area contributed by atoms with Crippen molar-refractivity contribution in [2.24, 2.45) is 0 Å². The van der Waals surface area contributed by atoms with Gasteiger partial charge in [0.05, 0.1) is 28.1 Å². The van der Waals surface area contributed by atoms with Crippen molar-refractivity contribution >= 4 is 60.4 Å². The first kappa shape index (κ1) is 33.6. The SMILES string of the molecule is c1ccc(-c2ccccc2-n2c3ccccc3c3ccc(N(c4ccccc4-c4cccc5ccccc45)c4ccccc4-c4cccc5ccccc45)cc32)cc1. The highest BCUT2D eigenvalue weighted by atomic mass is 15.1. The lowest BCUT2D eigenvalue weighted by Gasteiger charge is -2.30. The van der Waals surface area contributed by atoms with Crippen LogP contribution >= 0.6 is 0 Å². The normalized spacial score (nSPS) is 11.4. The number of nitrogens with zero attached hydrogens (tertiary/aromatic N) is 2. The Labute approximate surface area is 338 Å². The number of aromatic nitrogens is 1. The summed E-state index contributed by atoms with van der Waals surface area (Å²) in [6.07, 6.45) is 0. The van der Waals surface area contributed by atoms with Gasteiger partial charge in [0.25, 0.3) is 0 Å². The Hall–Kier alpha value is -7.68. The maximum Gasteiger partial charge on any atom is 0.0562 e. The summed E-state index contributed by atoms with van der Waals surface area (Å²) in [5.74, 6) is 0. The van der Waals surface area contributed by atoms with Crippen LogP contribution in [0.3, 0.4) is 0 Å². The molecule has 0 spiro atoms. The van der Waals surface area contributed by atoms with Crippen LogP contribution in [-0.2, 0) is 0 Å². The second kappa shape index (κ2) is 14.1. The minimum absolute atomic E-state index is 1.08. The second-order valence-electron chi connectivity index (χ2n) is 14.9. The van der Waals surface area contributed by atoms with Crippen molar-refractivity contribution in [2.45, 2.75) is 0 Å². The third kappa shape index (κ3) is 5.57. The van der Waals surface area contributed by atoms with Crippen LogP contribution in [0.5, 0.6) is 0 Å². The molecule has 0 aliphatic heterocycles. The van der Waals surface area contributed by atoms with Gasteiger partial charge in [-0.1, -0.05) is 194 Å². The monoisotopic (exact) mass is 738 g/mol. The lowest BCUT2D eigenvalue weighted by atomic mass is 9.94. The number of fused-ring (bicyclic) bond motifs is 5. The van der Waals surface area contributed by atoms with Crippen LogP contribution in [0.1, 0.15) is 0 Å². The predicted octanol–water partition coefficient (Wildman–Crippen LogP) is 15.6. The summed E-state index contributed by atoms with van der Waals surface area (Å²) in [6.45, 7) is 0. The van der Waals surface area contributed by atoms with Gasteiger partial charge in [-0.15, -0.1) is 0 Å². The topological polar surface area (TPSA) is 8.17 Å². The average Bonchev–Trinajstić information content (AvgIpc) is 3.63. The van der Waals surface area contributed by atoms with Gasteiger partial charge in [-0.2, -0.15) is 0 Å². The summed E-state index contributed by atoms with van der Waals surface area (Å²) in [5.41, 5.74) is 13.9. The molecule has 0 bridgehead atoms. The van der Waals surface area contributed by atoms with Gasteiger partial charge in [-0.3, -0.25) is 0 Å². The van der Waals surface area contributed by atoms with Crippen molar-refractivity contribution in [3.63, 3.8) is 0 Å². The van der Waals surface area contributed by atoms with Crippen LogP contribution in [0.15, 0.2) is 231 Å². The highest BCUT2D eigenvalue weighted by molar-refractivity contribution is 6.12. The lowest BCUT2D eigenvalue weighted by molar-refractivity contribution is 1.18. The van der Waals surface area contributed by atoms with Gasteiger partial charge in [0.1, 0.15) is 0 Å². The van der Waals surface area contributed by atoms with Crippen LogP contribution in [0.4, 0.5) is 17.1 Å². The van der Waals surface area contributed by atoms with E-state index in [1.165, 1.54) is 71.2 Å². The third-order valence-corrected chi connectivity index (χ3v) is 11.6. The van der Waals surface area contributed by atoms with E-state index in [1.807, 2.05) is 0 Å². The van der Waals surface area contributed by atoms with E-state index >= 15 is 0 Å². The van der Waals surface area contributed by atoms with Crippen LogP contribution in [0.25, 0.3) is 82.4 Å². The van der Waals surface area contributed by atoms with Crippen LogP contribution in [0.2, 0.25) is 0 Å². The molecule has 0 saturated carbocycles. The summed E-state index contributed by atoms with van der Waals surface area (Å²) in [6, 6.07) is 83.8. The fraction of sp³-hybridized carbons (Fsp3) is 0. The molecule has 11 rings (SSSR count). The van der Waals surface area contributed by atoms with Crippen molar-refractivity contribution < 1.29 is 0 Å². The van der Waals surface area contributed by atoms with E-state index in [2.05, 4.69) is 240 Å². The molecule has 0 unspecified atom stereocenters. The fourth-order valence-electron chi connectivity index (χ4n) is 9.01. The smallest absolute Gasteiger partial charge is 0.0562 e. The first-order valence-corrected chi connectivity index (χ1v) is 19.9. The Morgan fingerprint density at radius 3 is 1.41 bits per heavy atom. The molecular formula is C56H38N2. The van der Waals surface area contributed by atoms with Crippen molar-refractivity contribution in [3.8, 4) is 39.1 Å². The summed E-state index contributed by atoms with van der Waals surface area (Å²) in [7, 11) is 0. The number of rotatable bonds is 7. The molecule has 58 heavy (non-hydrogen) atoms. The van der Waals surface area contributed by atoms with Crippen LogP contribution in [0, 0.1) is 0 Å². The van der Waals surface area contributed by atoms with E-state index in [0.717, 1.165) is 28.3 Å². The quantitative estimate of drug-likeness (QED) is 0.158. The second-order valence-corrected chi connectivity index (χ2v) is 14.9. The van der Waals surface area contributed by atoms with Crippen LogP contribution in [-0.4, -0.2) is 4.57 Å². The number of para-hydroxylation sites is 4. The highest BCUT2D eigenvalue weighted by Crippen LogP contribution is 2.48. The van der Waals surface area contributed by atoms with Gasteiger partial charge in [0.2, 0.25) is 0 Å². The maximum atomic E-state index is 2.48. The van der Waals surface area contributed by atoms with Gasteiger partial charge < -0.3 is 9.47 Å². The minimum Gasteiger partial charge on any atom is -0.309 e. The molecule has 1 heterocycles. The number of hydrogen-bond acceptors (Lipinski definition) is 1. The molecule has 2 heteroatoms. The van der Waals surface area contributed by atoms with Crippen molar-refractivity contribution in [3.05, 3.63) is 231 Å². The Balaban J connectivity index is 1.22. The zero-order valence-corrected chi connectivity index (χ0v) is 31.8. The van der Waals surface area contributed by atoms with Crippen molar-refractivity contribution in [1.82, 2.24) is 4.57 Å². The maximum absolute atomic E-state index is 2.48. The Morgan fingerprint density at radius 2 is 0.759 bits per heavy atom. The van der Waals surface area contributed by atoms with E-state index in [-0.39, 0.29) is 0 Å². The van der Waals surface area contributed by atoms with Crippen LogP contribution < -0.4 is 4.90 Å². The summed E-state index contributed by atoms with van der Waals surface area (Å²) < 4.78 is 2.46. The molecule has 272 valence electrons. The summed E-state index contributed by atoms with van der Waals surface area (Å²) >= 11 is 0. The van der Waals surface area contributed by atoms with Crippen molar-refractivity contribution in [1.29, 1.82) is 0 Å². The Bertz CT molecular complexity index is 3170. The summed E-state index contributed by atoms with van der Waals surface area (Å²) in [5, 5.41) is 7.35. The van der Waals surface area contributed by atoms with E-state index in [0.29, 0.717) is 0 Å². The largest absolute Gasteiger partial charge is 0.309 e. The third-order valence-electron chi connectivity index (χ3n) is 11.6. The first-order chi connectivity index (χ1) is 28.8. The lowest BCUT2D eigenvalue weighted by Crippen LogP contribution is -2.12. The molecule has 11 aromatic rings. The molecule has 0 saturated heterocycles. The Morgan fingerprint density at radius 1 is 0.293 bits per heavy atom. The van der Waals surface area contributed by atoms with Gasteiger partial charge in [0, 0.05) is 33.2 Å². The average molecular weight is 739 g/mol. The van der Waals surface area contributed by atoms with E-state index < -0.39 is 0 Å². The standard InChI is InChI=1S/C56H38N2/c1-2-18-41(19-3-1)45-26-8-12-32-52(45)58-55-35-15-11-29-50(55)51-37-36-42(38-56(51)58)57(53-33-13-9-27-48(53)46-30-16-22-39-20-4-6-24-43(39)46)54-34-14-10-28-49(54)47-31-17-23-40-21-5-7-25-44(40)47/h1-38H. The highest BCUT2D eigenvalue weighted by Gasteiger charge is 2.24. The molecule has 0 fully saturated rings. The summed E-state index contributed by atoms with van der Waals surface area (Å²) in [4.78, 5) is 2.48. The molecular weight excluding hydrogens is 701 g/mol. The molecule has 2 nitrogen and oxygen atoms in total. The Kier molecular flexibility index (Phi) is 8.19. The molecule has 10 aromatic carbocycles. The molecule has 0 aliphatic rings. The van der Waals surface area contributed by atoms with E-state index in [4.69, 9.17) is 0 Å². The molecule has 0 radical (unpaired) electrons. The number of anilines is 3. The molecule has 1 aromatic heterocycles. The first-order valence-electron chi connectivity index (χ1n) is 19.9. The molecule has 0 amide bonds. The molecule has 0 N–H and O–H groups in total. The van der Waals surface area contributed by atoms with E-state index in [9.17, 15) is 0 Å². The fourth-order valence-corrected chi connectivity index (χ4v) is 9.01. The molecule has 0 aliphatic carbocycles. The number of benzene rings is 10. The van der Waals surface area contributed by atoms with Gasteiger partial charge in [0.15, 0.2) is 0 Å². The molecule has 0 atom stereocenters. The van der Waals surface area contributed by atoms with E-state index in [1.54, 1.807) is 0 Å². The predicted molar refractivity (Wildman–Crippen MR) is 247 cm³/mol. The van der Waals surface area contributed by atoms with Gasteiger partial charge in [-0.25, -0.2) is 0 Å². The zero-order chi connectivity index (χ0) is 38.4. The van der Waals surface area contributed by atoms with Crippen molar-refractivity contribution in [2.75, 3.05) is 4.90 Å². The van der Waals surface area contributed by atoms with Gasteiger partial charge in [-0.05, 0) is 74.6 Å². The number of hydrogen-bond donors (Lipinski definition) is 0. The minimum atomic E-state index is 1.08. The zero-order valence-electron chi connectivity index (χ0n) is 31.8.